The highest BCUT2D eigenvalue weighted by Gasteiger charge is 2.38. The van der Waals surface area contributed by atoms with Gasteiger partial charge in [0, 0.05) is 25.2 Å². The number of hydrogen-bond donors (Lipinski definition) is 2. The molecule has 0 amide bonds. The Bertz CT molecular complexity index is 714. The van der Waals surface area contributed by atoms with Crippen LogP contribution in [0.5, 0.6) is 0 Å². The van der Waals surface area contributed by atoms with Crippen molar-refractivity contribution in [2.45, 2.75) is 109 Å². The number of aryl methyl sites for hydroxylation is 1. The lowest BCUT2D eigenvalue weighted by molar-refractivity contribution is 0.0367. The molecule has 1 saturated heterocycles. The molecule has 32 heavy (non-hydrogen) atoms. The molecule has 2 heterocycles. The molecular formula is C24H44IN7. The minimum Gasteiger partial charge on any atom is -0.355 e. The monoisotopic (exact) mass is 557 g/mol. The van der Waals surface area contributed by atoms with Crippen molar-refractivity contribution in [1.82, 2.24) is 30.3 Å². The standard InChI is InChI=1S/C24H43N7.HI/c1-20-28-29-22(30(20)2)18-25-23(27-21-12-6-3-7-13-21)26-19-24(14-8-4-9-15-24)31-16-10-5-11-17-31;/h21H,3-19H2,1-2H3,(H2,25,26,27);1H. The number of aliphatic imine (C=N–C) groups is 1. The average Bonchev–Trinajstić information content (AvgIpc) is 3.15. The molecule has 0 atom stereocenters. The van der Waals surface area contributed by atoms with Gasteiger partial charge in [-0.3, -0.25) is 4.90 Å². The molecule has 182 valence electrons. The molecule has 1 aromatic heterocycles. The Labute approximate surface area is 211 Å². The first-order valence-electron chi connectivity index (χ1n) is 12.8. The zero-order valence-corrected chi connectivity index (χ0v) is 22.6. The van der Waals surface area contributed by atoms with E-state index in [9.17, 15) is 0 Å². The van der Waals surface area contributed by atoms with Crippen molar-refractivity contribution in [2.24, 2.45) is 12.0 Å². The van der Waals surface area contributed by atoms with E-state index < -0.39 is 0 Å². The first kappa shape index (κ1) is 25.7. The number of halogens is 1. The summed E-state index contributed by atoms with van der Waals surface area (Å²) in [6.45, 7) is 6.09. The lowest BCUT2D eigenvalue weighted by Gasteiger charge is -2.48. The Morgan fingerprint density at radius 2 is 1.62 bits per heavy atom. The van der Waals surface area contributed by atoms with Crippen LogP contribution >= 0.6 is 24.0 Å². The van der Waals surface area contributed by atoms with Gasteiger partial charge in [-0.1, -0.05) is 44.9 Å². The summed E-state index contributed by atoms with van der Waals surface area (Å²) in [4.78, 5) is 7.79. The van der Waals surface area contributed by atoms with E-state index in [-0.39, 0.29) is 24.0 Å². The van der Waals surface area contributed by atoms with E-state index in [1.54, 1.807) is 0 Å². The summed E-state index contributed by atoms with van der Waals surface area (Å²) in [6, 6.07) is 0.540. The number of aromatic nitrogens is 3. The second-order valence-electron chi connectivity index (χ2n) is 10.1. The van der Waals surface area contributed by atoms with Gasteiger partial charge in [0.25, 0.3) is 0 Å². The maximum atomic E-state index is 4.98. The van der Waals surface area contributed by atoms with Crippen molar-refractivity contribution in [3.8, 4) is 0 Å². The van der Waals surface area contributed by atoms with Crippen LogP contribution in [0.4, 0.5) is 0 Å². The molecule has 0 radical (unpaired) electrons. The molecule has 0 aromatic carbocycles. The van der Waals surface area contributed by atoms with Crippen LogP contribution in [-0.4, -0.2) is 56.8 Å². The zero-order valence-electron chi connectivity index (χ0n) is 20.2. The Kier molecular flexibility index (Phi) is 10.1. The average molecular weight is 558 g/mol. The second kappa shape index (κ2) is 12.5. The normalized spacial score (nSPS) is 22.9. The summed E-state index contributed by atoms with van der Waals surface area (Å²) in [5, 5.41) is 16.1. The minimum absolute atomic E-state index is 0. The van der Waals surface area contributed by atoms with Gasteiger partial charge < -0.3 is 15.2 Å². The summed E-state index contributed by atoms with van der Waals surface area (Å²) in [5.41, 5.74) is 0.301. The highest BCUT2D eigenvalue weighted by Crippen LogP contribution is 2.35. The van der Waals surface area contributed by atoms with Crippen molar-refractivity contribution in [3.63, 3.8) is 0 Å². The SMILES string of the molecule is Cc1nnc(CN=C(NCC2(N3CCCCC3)CCCCC2)NC2CCCCC2)n1C.I. The number of nitrogens with one attached hydrogen (secondary N) is 2. The van der Waals surface area contributed by atoms with Gasteiger partial charge in [-0.05, 0) is 58.5 Å². The molecule has 7 nitrogen and oxygen atoms in total. The van der Waals surface area contributed by atoms with Crippen LogP contribution in [0.2, 0.25) is 0 Å². The zero-order chi connectivity index (χ0) is 21.5. The van der Waals surface area contributed by atoms with Crippen molar-refractivity contribution in [2.75, 3.05) is 19.6 Å². The highest BCUT2D eigenvalue weighted by molar-refractivity contribution is 14.0. The molecule has 0 unspecified atom stereocenters. The quantitative estimate of drug-likeness (QED) is 0.310. The van der Waals surface area contributed by atoms with Crippen LogP contribution in [0.1, 0.15) is 95.1 Å². The number of likely N-dealkylation sites (tertiary alicyclic amines) is 1. The van der Waals surface area contributed by atoms with Gasteiger partial charge in [0.1, 0.15) is 12.4 Å². The van der Waals surface area contributed by atoms with Crippen molar-refractivity contribution in [3.05, 3.63) is 11.6 Å². The predicted octanol–water partition coefficient (Wildman–Crippen LogP) is 4.30. The molecule has 0 spiro atoms. The van der Waals surface area contributed by atoms with Crippen molar-refractivity contribution < 1.29 is 0 Å². The summed E-state index contributed by atoms with van der Waals surface area (Å²) in [5.74, 6) is 2.83. The van der Waals surface area contributed by atoms with Crippen LogP contribution in [-0.2, 0) is 13.6 Å². The maximum Gasteiger partial charge on any atom is 0.191 e. The van der Waals surface area contributed by atoms with Gasteiger partial charge in [-0.15, -0.1) is 34.2 Å². The van der Waals surface area contributed by atoms with Gasteiger partial charge >= 0.3 is 0 Å². The summed E-state index contributed by atoms with van der Waals surface area (Å²) < 4.78 is 2.04. The van der Waals surface area contributed by atoms with Crippen molar-refractivity contribution in [1.29, 1.82) is 0 Å². The molecule has 8 heteroatoms. The number of nitrogens with zero attached hydrogens (tertiary/aromatic N) is 5. The largest absolute Gasteiger partial charge is 0.355 e. The van der Waals surface area contributed by atoms with E-state index in [1.165, 1.54) is 96.6 Å². The lowest BCUT2D eigenvalue weighted by Crippen LogP contribution is -2.59. The number of hydrogen-bond acceptors (Lipinski definition) is 4. The molecule has 2 saturated carbocycles. The molecule has 1 aromatic rings. The third kappa shape index (κ3) is 6.58. The van der Waals surface area contributed by atoms with E-state index in [4.69, 9.17) is 4.99 Å². The lowest BCUT2D eigenvalue weighted by atomic mass is 9.79. The van der Waals surface area contributed by atoms with E-state index in [1.807, 2.05) is 18.5 Å². The fourth-order valence-corrected chi connectivity index (χ4v) is 5.76. The van der Waals surface area contributed by atoms with E-state index in [0.29, 0.717) is 18.1 Å². The fraction of sp³-hybridized carbons (Fsp3) is 0.875. The van der Waals surface area contributed by atoms with E-state index in [2.05, 4.69) is 25.7 Å². The summed E-state index contributed by atoms with van der Waals surface area (Å²) in [7, 11) is 2.02. The van der Waals surface area contributed by atoms with Crippen LogP contribution in [0.15, 0.2) is 4.99 Å². The van der Waals surface area contributed by atoms with Gasteiger partial charge in [0.15, 0.2) is 11.8 Å². The van der Waals surface area contributed by atoms with Crippen LogP contribution in [0.3, 0.4) is 0 Å². The molecular weight excluding hydrogens is 513 g/mol. The third-order valence-electron chi connectivity index (χ3n) is 7.90. The molecule has 3 aliphatic rings. The van der Waals surface area contributed by atoms with Gasteiger partial charge in [0.2, 0.25) is 0 Å². The summed E-state index contributed by atoms with van der Waals surface area (Å²) >= 11 is 0. The second-order valence-corrected chi connectivity index (χ2v) is 10.1. The van der Waals surface area contributed by atoms with Gasteiger partial charge in [-0.25, -0.2) is 4.99 Å². The number of rotatable bonds is 6. The Morgan fingerprint density at radius 3 is 2.28 bits per heavy atom. The molecule has 1 aliphatic heterocycles. The molecule has 2 aliphatic carbocycles. The van der Waals surface area contributed by atoms with E-state index >= 15 is 0 Å². The van der Waals surface area contributed by atoms with Gasteiger partial charge in [0.05, 0.1) is 0 Å². The van der Waals surface area contributed by atoms with E-state index in [0.717, 1.165) is 24.2 Å². The molecule has 4 rings (SSSR count). The first-order valence-corrected chi connectivity index (χ1v) is 12.8. The Morgan fingerprint density at radius 1 is 0.969 bits per heavy atom. The first-order chi connectivity index (χ1) is 15.2. The van der Waals surface area contributed by atoms with Gasteiger partial charge in [-0.2, -0.15) is 0 Å². The van der Waals surface area contributed by atoms with Crippen LogP contribution < -0.4 is 10.6 Å². The smallest absolute Gasteiger partial charge is 0.191 e. The Balaban J connectivity index is 0.00000289. The molecule has 2 N–H and O–H groups in total. The van der Waals surface area contributed by atoms with Crippen LogP contribution in [0, 0.1) is 6.92 Å². The third-order valence-corrected chi connectivity index (χ3v) is 7.90. The highest BCUT2D eigenvalue weighted by atomic mass is 127. The van der Waals surface area contributed by atoms with Crippen LogP contribution in [0.25, 0.3) is 0 Å². The topological polar surface area (TPSA) is 70.4 Å². The summed E-state index contributed by atoms with van der Waals surface area (Å²) in [6.07, 6.45) is 17.4. The minimum atomic E-state index is 0. The Hall–Kier alpha value is -0.900. The number of piperidine rings is 1. The molecule has 0 bridgehead atoms. The number of guanidine groups is 1. The fourth-order valence-electron chi connectivity index (χ4n) is 5.76. The predicted molar refractivity (Wildman–Crippen MR) is 142 cm³/mol. The maximum absolute atomic E-state index is 4.98. The molecule has 3 fully saturated rings. The van der Waals surface area contributed by atoms with Crippen molar-refractivity contribution >= 4 is 29.9 Å².